The molecule has 1 aliphatic rings. The van der Waals surface area contributed by atoms with Crippen LogP contribution in [0, 0.1) is 5.92 Å². The first kappa shape index (κ1) is 8.91. The maximum absolute atomic E-state index is 5.71. The van der Waals surface area contributed by atoms with E-state index in [-0.39, 0.29) is 0 Å². The molecule has 0 bridgehead atoms. The molecule has 3 nitrogen and oxygen atoms in total. The van der Waals surface area contributed by atoms with Gasteiger partial charge in [0.15, 0.2) is 0 Å². The zero-order valence-electron chi connectivity index (χ0n) is 7.36. The molecule has 0 amide bonds. The molecular weight excluding hydrogens is 186 g/mol. The third-order valence-corrected chi connectivity index (χ3v) is 2.67. The second-order valence-corrected chi connectivity index (χ2v) is 3.69. The molecule has 0 atom stereocenters. The Hall–Kier alpha value is -0.670. The molecule has 2 rings (SSSR count). The van der Waals surface area contributed by atoms with Gasteiger partial charge in [-0.3, -0.25) is 4.90 Å². The van der Waals surface area contributed by atoms with Crippen molar-refractivity contribution in [2.45, 2.75) is 6.54 Å². The Kier molecular flexibility index (Phi) is 2.76. The second-order valence-electron chi connectivity index (χ2n) is 3.38. The molecular formula is C9H12ClN3. The lowest BCUT2D eigenvalue weighted by atomic mass is 10.0. The summed E-state index contributed by atoms with van der Waals surface area (Å²) < 4.78 is 0. The minimum absolute atomic E-state index is 0.672. The van der Waals surface area contributed by atoms with Crippen molar-refractivity contribution in [1.82, 2.24) is 14.9 Å². The molecule has 13 heavy (non-hydrogen) atoms. The van der Waals surface area contributed by atoms with Crippen LogP contribution in [0.15, 0.2) is 18.5 Å². The van der Waals surface area contributed by atoms with Gasteiger partial charge < -0.3 is 0 Å². The van der Waals surface area contributed by atoms with Crippen LogP contribution in [-0.2, 0) is 6.54 Å². The lowest BCUT2D eigenvalue weighted by molar-refractivity contribution is 0.104. The molecule has 1 fully saturated rings. The highest BCUT2D eigenvalue weighted by molar-refractivity contribution is 6.18. The molecule has 1 aliphatic heterocycles. The molecule has 0 unspecified atom stereocenters. The number of hydrogen-bond acceptors (Lipinski definition) is 3. The Morgan fingerprint density at radius 3 is 2.69 bits per heavy atom. The van der Waals surface area contributed by atoms with E-state index in [0.29, 0.717) is 5.92 Å². The van der Waals surface area contributed by atoms with Gasteiger partial charge in [-0.2, -0.15) is 0 Å². The summed E-state index contributed by atoms with van der Waals surface area (Å²) in [6.45, 7) is 3.03. The Labute approximate surface area is 82.8 Å². The molecule has 0 radical (unpaired) electrons. The Bertz CT molecular complexity index is 259. The van der Waals surface area contributed by atoms with E-state index in [1.165, 1.54) is 0 Å². The van der Waals surface area contributed by atoms with Crippen LogP contribution in [-0.4, -0.2) is 33.8 Å². The van der Waals surface area contributed by atoms with Gasteiger partial charge in [0, 0.05) is 31.4 Å². The Morgan fingerprint density at radius 2 is 2.08 bits per heavy atom. The molecule has 0 aromatic carbocycles. The van der Waals surface area contributed by atoms with Crippen molar-refractivity contribution in [3.05, 3.63) is 24.3 Å². The van der Waals surface area contributed by atoms with Gasteiger partial charge in [-0.25, -0.2) is 9.97 Å². The normalized spacial score (nSPS) is 18.5. The number of likely N-dealkylation sites (tertiary alicyclic amines) is 1. The minimum atomic E-state index is 0.672. The standard InChI is InChI=1S/C9H12ClN3/c10-4-8-5-13(6-8)7-9-11-2-1-3-12-9/h1-3,8H,4-7H2. The fourth-order valence-electron chi connectivity index (χ4n) is 1.52. The van der Waals surface area contributed by atoms with E-state index in [9.17, 15) is 0 Å². The Morgan fingerprint density at radius 1 is 1.38 bits per heavy atom. The Balaban J connectivity index is 1.81. The third-order valence-electron chi connectivity index (χ3n) is 2.24. The summed E-state index contributed by atoms with van der Waals surface area (Å²) in [5.41, 5.74) is 0. The number of nitrogens with zero attached hydrogens (tertiary/aromatic N) is 3. The van der Waals surface area contributed by atoms with Crippen molar-refractivity contribution in [2.75, 3.05) is 19.0 Å². The number of aromatic nitrogens is 2. The monoisotopic (exact) mass is 197 g/mol. The van der Waals surface area contributed by atoms with Gasteiger partial charge in [-0.15, -0.1) is 11.6 Å². The van der Waals surface area contributed by atoms with Crippen LogP contribution in [0.2, 0.25) is 0 Å². The first-order chi connectivity index (χ1) is 6.38. The average molecular weight is 198 g/mol. The van der Waals surface area contributed by atoms with E-state index in [1.807, 2.05) is 6.07 Å². The third kappa shape index (κ3) is 2.17. The summed E-state index contributed by atoms with van der Waals surface area (Å²) in [5, 5.41) is 0. The molecule has 1 aromatic rings. The van der Waals surface area contributed by atoms with E-state index < -0.39 is 0 Å². The van der Waals surface area contributed by atoms with Gasteiger partial charge in [-0.05, 0) is 12.0 Å². The highest BCUT2D eigenvalue weighted by Crippen LogP contribution is 2.17. The molecule has 1 aromatic heterocycles. The van der Waals surface area contributed by atoms with Crippen LogP contribution in [0.25, 0.3) is 0 Å². The van der Waals surface area contributed by atoms with E-state index in [0.717, 1.165) is 31.3 Å². The SMILES string of the molecule is ClCC1CN(Cc2ncccn2)C1. The van der Waals surface area contributed by atoms with Crippen LogP contribution in [0.1, 0.15) is 5.82 Å². The smallest absolute Gasteiger partial charge is 0.142 e. The fourth-order valence-corrected chi connectivity index (χ4v) is 1.71. The summed E-state index contributed by atoms with van der Waals surface area (Å²) in [5.74, 6) is 2.34. The van der Waals surface area contributed by atoms with Gasteiger partial charge in [-0.1, -0.05) is 0 Å². The summed E-state index contributed by atoms with van der Waals surface area (Å²) in [7, 11) is 0. The zero-order chi connectivity index (χ0) is 9.10. The van der Waals surface area contributed by atoms with Crippen LogP contribution in [0.3, 0.4) is 0 Å². The van der Waals surface area contributed by atoms with E-state index in [4.69, 9.17) is 11.6 Å². The maximum Gasteiger partial charge on any atom is 0.142 e. The van der Waals surface area contributed by atoms with Crippen molar-refractivity contribution < 1.29 is 0 Å². The lowest BCUT2D eigenvalue weighted by Gasteiger charge is -2.37. The number of halogens is 1. The molecule has 0 N–H and O–H groups in total. The van der Waals surface area contributed by atoms with E-state index in [1.54, 1.807) is 12.4 Å². The molecule has 0 saturated carbocycles. The van der Waals surface area contributed by atoms with Gasteiger partial charge in [0.2, 0.25) is 0 Å². The highest BCUT2D eigenvalue weighted by atomic mass is 35.5. The number of hydrogen-bond donors (Lipinski definition) is 0. The van der Waals surface area contributed by atoms with Crippen molar-refractivity contribution >= 4 is 11.6 Å². The van der Waals surface area contributed by atoms with E-state index >= 15 is 0 Å². The number of alkyl halides is 1. The van der Waals surface area contributed by atoms with Gasteiger partial charge in [0.05, 0.1) is 6.54 Å². The van der Waals surface area contributed by atoms with Crippen LogP contribution >= 0.6 is 11.6 Å². The summed E-state index contributed by atoms with van der Waals surface area (Å²) >= 11 is 5.71. The van der Waals surface area contributed by atoms with Gasteiger partial charge in [0.1, 0.15) is 5.82 Å². The number of rotatable bonds is 3. The summed E-state index contributed by atoms with van der Waals surface area (Å²) in [4.78, 5) is 10.6. The van der Waals surface area contributed by atoms with Crippen molar-refractivity contribution in [3.8, 4) is 0 Å². The molecule has 0 spiro atoms. The predicted molar refractivity (Wildman–Crippen MR) is 51.5 cm³/mol. The fraction of sp³-hybridized carbons (Fsp3) is 0.556. The maximum atomic E-state index is 5.71. The van der Waals surface area contributed by atoms with Crippen LogP contribution < -0.4 is 0 Å². The second kappa shape index (κ2) is 4.03. The van der Waals surface area contributed by atoms with Crippen LogP contribution in [0.4, 0.5) is 0 Å². The largest absolute Gasteiger partial charge is 0.295 e. The zero-order valence-corrected chi connectivity index (χ0v) is 8.11. The predicted octanol–water partition coefficient (Wildman–Crippen LogP) is 1.15. The summed E-state index contributed by atoms with van der Waals surface area (Å²) in [6.07, 6.45) is 3.56. The minimum Gasteiger partial charge on any atom is -0.295 e. The quantitative estimate of drug-likeness (QED) is 0.681. The van der Waals surface area contributed by atoms with Gasteiger partial charge >= 0.3 is 0 Å². The van der Waals surface area contributed by atoms with Crippen LogP contribution in [0.5, 0.6) is 0 Å². The van der Waals surface area contributed by atoms with Crippen molar-refractivity contribution in [3.63, 3.8) is 0 Å². The van der Waals surface area contributed by atoms with E-state index in [2.05, 4.69) is 14.9 Å². The molecule has 4 heteroatoms. The average Bonchev–Trinajstić information content (AvgIpc) is 2.12. The van der Waals surface area contributed by atoms with Crippen molar-refractivity contribution in [1.29, 1.82) is 0 Å². The van der Waals surface area contributed by atoms with Gasteiger partial charge in [0.25, 0.3) is 0 Å². The van der Waals surface area contributed by atoms with Crippen molar-refractivity contribution in [2.24, 2.45) is 5.92 Å². The topological polar surface area (TPSA) is 29.0 Å². The first-order valence-corrected chi connectivity index (χ1v) is 4.96. The lowest BCUT2D eigenvalue weighted by Crippen LogP contribution is -2.46. The summed E-state index contributed by atoms with van der Waals surface area (Å²) in [6, 6.07) is 1.83. The first-order valence-electron chi connectivity index (χ1n) is 4.42. The molecule has 2 heterocycles. The molecule has 0 aliphatic carbocycles. The molecule has 1 saturated heterocycles. The highest BCUT2D eigenvalue weighted by Gasteiger charge is 2.25. The molecule has 70 valence electrons.